The number of carbonyl (C=O) groups excluding carboxylic acids is 4. The lowest BCUT2D eigenvalue weighted by Gasteiger charge is -2.55. The molecule has 12 nitrogen and oxygen atoms in total. The highest BCUT2D eigenvalue weighted by atomic mass is 16.3. The van der Waals surface area contributed by atoms with E-state index in [2.05, 4.69) is 55.4 Å². The highest BCUT2D eigenvalue weighted by molar-refractivity contribution is 6.00. The molecule has 496 valence electrons. The fraction of sp³-hybridized carbons (Fsp3) is 0.842. The lowest BCUT2D eigenvalue weighted by Crippen LogP contribution is -2.53. The van der Waals surface area contributed by atoms with Crippen LogP contribution in [0.5, 0.6) is 0 Å². The molecule has 4 fully saturated rings. The van der Waals surface area contributed by atoms with Crippen LogP contribution < -0.4 is 0 Å². The van der Waals surface area contributed by atoms with Gasteiger partial charge in [0.25, 0.3) is 0 Å². The van der Waals surface area contributed by atoms with Crippen LogP contribution in [0.4, 0.5) is 0 Å². The minimum Gasteiger partial charge on any atom is -0.396 e. The number of aliphatic hydroxyl groups is 8. The molecule has 0 aromatic heterocycles. The molecule has 16 atom stereocenters. The fourth-order valence-electron chi connectivity index (χ4n) is 22.2. The van der Waals surface area contributed by atoms with Crippen LogP contribution in [0.2, 0.25) is 0 Å². The molecule has 0 spiro atoms. The number of Topliss-reactive ketones (excluding diaryl/α,β-unsaturated/α-hetero) is 4. The van der Waals surface area contributed by atoms with Gasteiger partial charge < -0.3 is 40.9 Å². The van der Waals surface area contributed by atoms with Crippen LogP contribution in [0.1, 0.15) is 289 Å². The first-order valence-electron chi connectivity index (χ1n) is 35.2. The Balaban J connectivity index is 0.000000140. The van der Waals surface area contributed by atoms with Gasteiger partial charge >= 0.3 is 0 Å². The molecule has 0 unspecified atom stereocenters. The second-order valence-electron chi connectivity index (χ2n) is 34.9. The normalized spacial score (nSPS) is 45.5. The Morgan fingerprint density at radius 2 is 0.477 bits per heavy atom. The number of fused-ring (bicyclic) bond motifs is 8. The monoisotopic (exact) mass is 1220 g/mol. The van der Waals surface area contributed by atoms with Crippen LogP contribution in [-0.2, 0) is 19.2 Å². The summed E-state index contributed by atoms with van der Waals surface area (Å²) in [4.78, 5) is 51.1. The van der Waals surface area contributed by atoms with E-state index in [1.165, 1.54) is 22.3 Å². The third-order valence-corrected chi connectivity index (χ3v) is 27.9. The van der Waals surface area contributed by atoms with Gasteiger partial charge in [-0.25, -0.2) is 0 Å². The molecule has 0 bridgehead atoms. The van der Waals surface area contributed by atoms with Crippen molar-refractivity contribution in [3.63, 3.8) is 0 Å². The van der Waals surface area contributed by atoms with Gasteiger partial charge in [0.1, 0.15) is 0 Å². The average Bonchev–Trinajstić information content (AvgIpc) is 1.04. The number of hydrogen-bond acceptors (Lipinski definition) is 12. The van der Waals surface area contributed by atoms with Crippen molar-refractivity contribution in [3.05, 3.63) is 44.6 Å². The van der Waals surface area contributed by atoms with E-state index < -0.39 is 22.4 Å². The first kappa shape index (κ1) is 69.7. The maximum absolute atomic E-state index is 12.8. The summed E-state index contributed by atoms with van der Waals surface area (Å²) in [6, 6.07) is 0. The summed E-state index contributed by atoms with van der Waals surface area (Å²) >= 11 is 0. The highest BCUT2D eigenvalue weighted by Gasteiger charge is 2.60. The molecule has 4 saturated carbocycles. The maximum atomic E-state index is 12.8. The van der Waals surface area contributed by atoms with Crippen molar-refractivity contribution in [2.24, 2.45) is 67.0 Å². The largest absolute Gasteiger partial charge is 0.396 e. The molecule has 12 rings (SSSR count). The van der Waals surface area contributed by atoms with E-state index in [4.69, 9.17) is 0 Å². The van der Waals surface area contributed by atoms with Crippen LogP contribution in [0, 0.1) is 67.0 Å². The molecule has 0 amide bonds. The molecule has 8 N–H and O–H groups in total. The minimum absolute atomic E-state index is 0.00839. The summed E-state index contributed by atoms with van der Waals surface area (Å²) in [7, 11) is 0. The molecule has 88 heavy (non-hydrogen) atoms. The van der Waals surface area contributed by atoms with Crippen LogP contribution >= 0.6 is 0 Å². The first-order chi connectivity index (χ1) is 40.9. The van der Waals surface area contributed by atoms with Gasteiger partial charge in [-0.05, 0) is 273 Å². The summed E-state index contributed by atoms with van der Waals surface area (Å²) in [6.07, 6.45) is 28.1. The van der Waals surface area contributed by atoms with Gasteiger partial charge in [-0.1, -0.05) is 77.7 Å². The van der Waals surface area contributed by atoms with E-state index in [1.807, 2.05) is 27.7 Å². The lowest BCUT2D eigenvalue weighted by atomic mass is 9.50. The third kappa shape index (κ3) is 12.9. The predicted octanol–water partition coefficient (Wildman–Crippen LogP) is 13.5. The van der Waals surface area contributed by atoms with Gasteiger partial charge in [-0.2, -0.15) is 0 Å². The number of ketones is 4. The van der Waals surface area contributed by atoms with Crippen molar-refractivity contribution in [2.45, 2.75) is 311 Å². The Morgan fingerprint density at radius 1 is 0.295 bits per heavy atom. The van der Waals surface area contributed by atoms with E-state index in [0.717, 1.165) is 202 Å². The molecule has 12 aliphatic carbocycles. The zero-order chi connectivity index (χ0) is 64.7. The summed E-state index contributed by atoms with van der Waals surface area (Å²) in [5.41, 5.74) is 6.85. The quantitative estimate of drug-likeness (QED) is 0.113. The van der Waals surface area contributed by atoms with E-state index in [9.17, 15) is 60.0 Å². The number of rotatable bonds is 8. The number of hydrogen-bond donors (Lipinski definition) is 8. The molecule has 12 aliphatic rings. The second-order valence-corrected chi connectivity index (χ2v) is 34.9. The van der Waals surface area contributed by atoms with Crippen molar-refractivity contribution >= 4 is 23.1 Å². The number of aliphatic hydroxyl groups excluding tert-OH is 4. The molecule has 0 aromatic carbocycles. The van der Waals surface area contributed by atoms with Gasteiger partial charge in [-0.15, -0.1) is 0 Å². The average molecular weight is 1230 g/mol. The van der Waals surface area contributed by atoms with Crippen LogP contribution in [0.15, 0.2) is 44.6 Å². The highest BCUT2D eigenvalue weighted by Crippen LogP contribution is 2.65. The molecule has 0 radical (unpaired) electrons. The fourth-order valence-corrected chi connectivity index (χ4v) is 22.2. The van der Waals surface area contributed by atoms with Gasteiger partial charge in [0.15, 0.2) is 23.1 Å². The van der Waals surface area contributed by atoms with Gasteiger partial charge in [-0.3, -0.25) is 19.2 Å². The molecule has 0 saturated heterocycles. The smallest absolute Gasteiger partial charge is 0.159 e. The molecule has 12 heteroatoms. The van der Waals surface area contributed by atoms with Crippen LogP contribution in [0.3, 0.4) is 0 Å². The van der Waals surface area contributed by atoms with Gasteiger partial charge in [0.2, 0.25) is 0 Å². The van der Waals surface area contributed by atoms with E-state index in [-0.39, 0.29) is 117 Å². The van der Waals surface area contributed by atoms with Crippen LogP contribution in [-0.4, -0.2) is 113 Å². The van der Waals surface area contributed by atoms with Crippen molar-refractivity contribution in [3.8, 4) is 0 Å². The van der Waals surface area contributed by atoms with Crippen molar-refractivity contribution in [1.29, 1.82) is 0 Å². The molecule has 0 aliphatic heterocycles. The standard InChI is InChI=1S/4C19H30O3/c4*1-17(9-10-20)8-5-14-13(12-17)15(21)11-16-18(14,2)6-4-7-19(16,3)22/h4*16,20,22H,4-12H2,1-3H3/t4*16-,17-,18-,19-/m1111/s1. The van der Waals surface area contributed by atoms with E-state index in [0.29, 0.717) is 25.7 Å². The first-order valence-corrected chi connectivity index (χ1v) is 35.2. The van der Waals surface area contributed by atoms with Crippen molar-refractivity contribution < 1.29 is 60.0 Å². The second kappa shape index (κ2) is 24.9. The van der Waals surface area contributed by atoms with Crippen LogP contribution in [0.25, 0.3) is 0 Å². The Hall–Kier alpha value is -2.68. The number of allylic oxidation sites excluding steroid dienone is 8. The molecule has 0 heterocycles. The molecular weight excluding hydrogens is 1100 g/mol. The Labute approximate surface area is 529 Å². The summed E-state index contributed by atoms with van der Waals surface area (Å²) in [6.45, 7) is 26.4. The van der Waals surface area contributed by atoms with Crippen molar-refractivity contribution in [2.75, 3.05) is 26.4 Å². The topological polar surface area (TPSA) is 230 Å². The number of carbonyl (C=O) groups is 4. The predicted molar refractivity (Wildman–Crippen MR) is 346 cm³/mol. The Bertz CT molecular complexity index is 2450. The third-order valence-electron chi connectivity index (χ3n) is 27.9. The zero-order valence-electron chi connectivity index (χ0n) is 57.0. The van der Waals surface area contributed by atoms with E-state index >= 15 is 0 Å². The zero-order valence-corrected chi connectivity index (χ0v) is 57.0. The molecular formula is C76H120O12. The van der Waals surface area contributed by atoms with Gasteiger partial charge in [0.05, 0.1) is 22.4 Å². The summed E-state index contributed by atoms with van der Waals surface area (Å²) < 4.78 is 0. The molecule has 0 aromatic rings. The summed E-state index contributed by atoms with van der Waals surface area (Å²) in [5.74, 6) is 1.30. The Kier molecular flexibility index (Phi) is 19.7. The SMILES string of the molecule is C[C@]1(CCO)CCC2=C(C1)C(=O)C[C@H]1[C@](C)(O)CCC[C@]21C.C[C@]1(CCO)CCC2=C(C1)C(=O)C[C@H]1[C@](C)(O)CCC[C@]21C.C[C@]1(CCO)CCC2=C(C1)C(=O)C[C@H]1[C@](C)(O)CCC[C@]21C.C[C@]1(CCO)CCC2=C(C1)C(=O)C[C@H]1[C@](C)(O)CCC[C@]21C. The summed E-state index contributed by atoms with van der Waals surface area (Å²) in [5, 5.41) is 80.6. The Morgan fingerprint density at radius 3 is 0.648 bits per heavy atom. The van der Waals surface area contributed by atoms with E-state index in [1.54, 1.807) is 0 Å². The lowest BCUT2D eigenvalue weighted by molar-refractivity contribution is -0.132. The van der Waals surface area contributed by atoms with Crippen molar-refractivity contribution in [1.82, 2.24) is 0 Å². The van der Waals surface area contributed by atoms with Gasteiger partial charge in [0, 0.05) is 75.8 Å². The minimum atomic E-state index is -0.715. The maximum Gasteiger partial charge on any atom is 0.159 e.